The van der Waals surface area contributed by atoms with Crippen LogP contribution in [0, 0.1) is 5.82 Å². The summed E-state index contributed by atoms with van der Waals surface area (Å²) in [5, 5.41) is 5.12. The number of ketones is 1. The van der Waals surface area contributed by atoms with Crippen LogP contribution in [-0.2, 0) is 4.79 Å². The van der Waals surface area contributed by atoms with Crippen LogP contribution < -0.4 is 15.4 Å². The van der Waals surface area contributed by atoms with Crippen molar-refractivity contribution < 1.29 is 23.5 Å². The zero-order valence-electron chi connectivity index (χ0n) is 16.8. The Morgan fingerprint density at radius 3 is 2.10 bits per heavy atom. The van der Waals surface area contributed by atoms with Gasteiger partial charge in [0.1, 0.15) is 11.6 Å². The van der Waals surface area contributed by atoms with Crippen molar-refractivity contribution in [2.45, 2.75) is 51.2 Å². The molecule has 6 nitrogen and oxygen atoms in total. The molecule has 0 radical (unpaired) electrons. The zero-order valence-corrected chi connectivity index (χ0v) is 16.8. The molecule has 0 spiro atoms. The number of urea groups is 1. The summed E-state index contributed by atoms with van der Waals surface area (Å²) in [6.45, 7) is 1.54. The second-order valence-corrected chi connectivity index (χ2v) is 7.42. The number of benzene rings is 2. The predicted molar refractivity (Wildman–Crippen MR) is 110 cm³/mol. The fraction of sp³-hybridized carbons (Fsp3) is 0.348. The Hall–Kier alpha value is -3.22. The molecule has 158 valence electrons. The van der Waals surface area contributed by atoms with Gasteiger partial charge < -0.3 is 10.1 Å². The first-order valence-corrected chi connectivity index (χ1v) is 10.1. The molecule has 1 aliphatic rings. The summed E-state index contributed by atoms with van der Waals surface area (Å²) >= 11 is 0. The summed E-state index contributed by atoms with van der Waals surface area (Å²) in [6, 6.07) is 11.2. The van der Waals surface area contributed by atoms with Crippen molar-refractivity contribution in [1.29, 1.82) is 0 Å². The lowest BCUT2D eigenvalue weighted by molar-refractivity contribution is -0.126. The lowest BCUT2D eigenvalue weighted by atomic mass is 9.96. The summed E-state index contributed by atoms with van der Waals surface area (Å²) in [7, 11) is 0. The number of nitrogens with one attached hydrogen (secondary N) is 2. The van der Waals surface area contributed by atoms with Crippen LogP contribution in [0.4, 0.5) is 9.18 Å². The van der Waals surface area contributed by atoms with E-state index in [1.54, 1.807) is 31.2 Å². The van der Waals surface area contributed by atoms with Crippen LogP contribution in [-0.4, -0.2) is 29.9 Å². The van der Waals surface area contributed by atoms with E-state index in [4.69, 9.17) is 4.74 Å². The minimum absolute atomic E-state index is 0.106. The Balaban J connectivity index is 1.51. The Kier molecular flexibility index (Phi) is 7.17. The van der Waals surface area contributed by atoms with Gasteiger partial charge in [-0.1, -0.05) is 19.3 Å². The number of hydrogen-bond donors (Lipinski definition) is 2. The average Bonchev–Trinajstić information content (AvgIpc) is 2.75. The number of imide groups is 1. The molecule has 0 aliphatic heterocycles. The van der Waals surface area contributed by atoms with Crippen molar-refractivity contribution in [3.63, 3.8) is 0 Å². The first-order valence-electron chi connectivity index (χ1n) is 10.1. The van der Waals surface area contributed by atoms with Crippen LogP contribution in [0.1, 0.15) is 54.9 Å². The first-order chi connectivity index (χ1) is 14.4. The molecule has 3 rings (SSSR count). The van der Waals surface area contributed by atoms with E-state index in [9.17, 15) is 18.8 Å². The SMILES string of the molecule is C[C@@H](Oc1ccc(C(=O)c2ccc(F)cc2)cc1)C(=O)NC(=O)NC1CCCCC1. The van der Waals surface area contributed by atoms with Crippen molar-refractivity contribution in [3.8, 4) is 5.75 Å². The number of amides is 3. The van der Waals surface area contributed by atoms with Crippen LogP contribution >= 0.6 is 0 Å². The van der Waals surface area contributed by atoms with Crippen LogP contribution in [0.15, 0.2) is 48.5 Å². The van der Waals surface area contributed by atoms with Crippen molar-refractivity contribution in [3.05, 3.63) is 65.5 Å². The molecule has 2 aromatic rings. The van der Waals surface area contributed by atoms with Crippen LogP contribution in [0.25, 0.3) is 0 Å². The highest BCUT2D eigenvalue weighted by Gasteiger charge is 2.21. The molecule has 1 fully saturated rings. The maximum atomic E-state index is 13.0. The Morgan fingerprint density at radius 2 is 1.50 bits per heavy atom. The highest BCUT2D eigenvalue weighted by atomic mass is 19.1. The number of ether oxygens (including phenoxy) is 1. The fourth-order valence-corrected chi connectivity index (χ4v) is 3.39. The van der Waals surface area contributed by atoms with Gasteiger partial charge in [0.2, 0.25) is 0 Å². The summed E-state index contributed by atoms with van der Waals surface area (Å²) in [6.07, 6.45) is 4.31. The summed E-state index contributed by atoms with van der Waals surface area (Å²) in [4.78, 5) is 36.6. The number of carbonyl (C=O) groups excluding carboxylic acids is 3. The molecular weight excluding hydrogens is 387 g/mol. The molecule has 0 heterocycles. The summed E-state index contributed by atoms with van der Waals surface area (Å²) < 4.78 is 18.6. The molecule has 7 heteroatoms. The van der Waals surface area contributed by atoms with Gasteiger partial charge in [0.15, 0.2) is 11.9 Å². The predicted octanol–water partition coefficient (Wildman–Crippen LogP) is 3.98. The first kappa shape index (κ1) is 21.5. The Bertz CT molecular complexity index is 890. The zero-order chi connectivity index (χ0) is 21.5. The highest BCUT2D eigenvalue weighted by molar-refractivity contribution is 6.09. The third-order valence-electron chi connectivity index (χ3n) is 5.08. The molecule has 1 aliphatic carbocycles. The lowest BCUT2D eigenvalue weighted by Crippen LogP contribution is -2.48. The number of rotatable bonds is 6. The minimum Gasteiger partial charge on any atom is -0.481 e. The topological polar surface area (TPSA) is 84.5 Å². The molecule has 0 bridgehead atoms. The van der Waals surface area contributed by atoms with Crippen LogP contribution in [0.2, 0.25) is 0 Å². The summed E-state index contributed by atoms with van der Waals surface area (Å²) in [5.74, 6) is -0.808. The number of carbonyl (C=O) groups is 3. The number of halogens is 1. The molecule has 30 heavy (non-hydrogen) atoms. The molecule has 2 N–H and O–H groups in total. The molecule has 0 aromatic heterocycles. The maximum Gasteiger partial charge on any atom is 0.321 e. The molecule has 0 unspecified atom stereocenters. The van der Waals surface area contributed by atoms with Crippen molar-refractivity contribution in [2.24, 2.45) is 0 Å². The van der Waals surface area contributed by atoms with E-state index in [1.807, 2.05) is 0 Å². The van der Waals surface area contributed by atoms with Crippen LogP contribution in [0.3, 0.4) is 0 Å². The second-order valence-electron chi connectivity index (χ2n) is 7.42. The molecule has 3 amide bonds. The molecule has 0 saturated heterocycles. The van der Waals surface area contributed by atoms with Gasteiger partial charge in [-0.05, 0) is 68.3 Å². The monoisotopic (exact) mass is 412 g/mol. The quantitative estimate of drug-likeness (QED) is 0.703. The minimum atomic E-state index is -0.888. The van der Waals surface area contributed by atoms with E-state index >= 15 is 0 Å². The number of hydrogen-bond acceptors (Lipinski definition) is 4. The Labute approximate surface area is 174 Å². The van der Waals surface area contributed by atoms with E-state index in [0.29, 0.717) is 16.9 Å². The molecule has 1 saturated carbocycles. The van der Waals surface area contributed by atoms with E-state index in [-0.39, 0.29) is 11.8 Å². The van der Waals surface area contributed by atoms with E-state index in [1.165, 1.54) is 30.7 Å². The van der Waals surface area contributed by atoms with E-state index in [2.05, 4.69) is 10.6 Å². The second kappa shape index (κ2) is 10.0. The Morgan fingerprint density at radius 1 is 0.933 bits per heavy atom. The summed E-state index contributed by atoms with van der Waals surface area (Å²) in [5.41, 5.74) is 0.791. The van der Waals surface area contributed by atoms with Gasteiger partial charge in [0, 0.05) is 17.2 Å². The molecular formula is C23H25FN2O4. The highest BCUT2D eigenvalue weighted by Crippen LogP contribution is 2.18. The van der Waals surface area contributed by atoms with Gasteiger partial charge in [-0.3, -0.25) is 14.9 Å². The van der Waals surface area contributed by atoms with Crippen molar-refractivity contribution in [2.75, 3.05) is 0 Å². The normalized spacial score (nSPS) is 15.1. The smallest absolute Gasteiger partial charge is 0.321 e. The van der Waals surface area contributed by atoms with Gasteiger partial charge in [-0.2, -0.15) is 0 Å². The van der Waals surface area contributed by atoms with Crippen molar-refractivity contribution >= 4 is 17.7 Å². The van der Waals surface area contributed by atoms with Gasteiger partial charge in [0.05, 0.1) is 0 Å². The van der Waals surface area contributed by atoms with Gasteiger partial charge >= 0.3 is 6.03 Å². The lowest BCUT2D eigenvalue weighted by Gasteiger charge is -2.23. The molecule has 2 aromatic carbocycles. The third-order valence-corrected chi connectivity index (χ3v) is 5.08. The van der Waals surface area contributed by atoms with E-state index in [0.717, 1.165) is 25.7 Å². The van der Waals surface area contributed by atoms with E-state index < -0.39 is 23.9 Å². The maximum absolute atomic E-state index is 13.0. The third kappa shape index (κ3) is 5.89. The van der Waals surface area contributed by atoms with Gasteiger partial charge in [-0.25, -0.2) is 9.18 Å². The largest absolute Gasteiger partial charge is 0.481 e. The van der Waals surface area contributed by atoms with Crippen molar-refractivity contribution in [1.82, 2.24) is 10.6 Å². The fourth-order valence-electron chi connectivity index (χ4n) is 3.39. The van der Waals surface area contributed by atoms with Gasteiger partial charge in [-0.15, -0.1) is 0 Å². The van der Waals surface area contributed by atoms with Crippen LogP contribution in [0.5, 0.6) is 5.75 Å². The molecule has 1 atom stereocenters. The van der Waals surface area contributed by atoms with Gasteiger partial charge in [0.25, 0.3) is 5.91 Å². The standard InChI is InChI=1S/C23H25FN2O4/c1-15(22(28)26-23(29)25-19-5-3-2-4-6-19)30-20-13-9-17(10-14-20)21(27)16-7-11-18(24)12-8-16/h7-15,19H,2-6H2,1H3,(H2,25,26,28,29)/t15-/m1/s1. The average molecular weight is 412 g/mol.